The first-order valence-electron chi connectivity index (χ1n) is 6.02. The molecule has 1 aliphatic rings. The fraction of sp³-hybridized carbons (Fsp3) is 0.462. The highest BCUT2D eigenvalue weighted by Gasteiger charge is 2.16. The molecule has 1 heterocycles. The van der Waals surface area contributed by atoms with Gasteiger partial charge in [0.15, 0.2) is 0 Å². The Morgan fingerprint density at radius 1 is 1.33 bits per heavy atom. The number of benzene rings is 1. The molecule has 18 heavy (non-hydrogen) atoms. The maximum absolute atomic E-state index is 10.9. The van der Waals surface area contributed by atoms with Gasteiger partial charge in [-0.1, -0.05) is 12.1 Å². The molecule has 0 bridgehead atoms. The zero-order valence-corrected chi connectivity index (χ0v) is 11.2. The molecule has 0 spiro atoms. The number of hydrogen-bond donors (Lipinski definition) is 2. The molecule has 5 heteroatoms. The van der Waals surface area contributed by atoms with E-state index in [1.165, 1.54) is 12.0 Å². The molecule has 1 atom stereocenters. The molecule has 1 aromatic rings. The Morgan fingerprint density at radius 2 is 2.00 bits per heavy atom. The van der Waals surface area contributed by atoms with Crippen LogP contribution in [0.2, 0.25) is 0 Å². The minimum atomic E-state index is -0.378. The SMILES string of the molecule is Cl.NC(=O)c1ccc(CN2CCC[C@@H](N)C2)cc1. The van der Waals surface area contributed by atoms with Gasteiger partial charge >= 0.3 is 0 Å². The van der Waals surface area contributed by atoms with Crippen LogP contribution in [0.15, 0.2) is 24.3 Å². The van der Waals surface area contributed by atoms with Crippen molar-refractivity contribution in [2.75, 3.05) is 13.1 Å². The number of piperidine rings is 1. The predicted molar refractivity (Wildman–Crippen MR) is 74.7 cm³/mol. The lowest BCUT2D eigenvalue weighted by Crippen LogP contribution is -2.42. The number of likely N-dealkylation sites (tertiary alicyclic amines) is 1. The van der Waals surface area contributed by atoms with Gasteiger partial charge in [-0.05, 0) is 37.1 Å². The average molecular weight is 270 g/mol. The van der Waals surface area contributed by atoms with Crippen LogP contribution in [0.4, 0.5) is 0 Å². The molecule has 4 N–H and O–H groups in total. The number of amides is 1. The van der Waals surface area contributed by atoms with Crippen LogP contribution in [-0.2, 0) is 6.54 Å². The Labute approximate surface area is 114 Å². The van der Waals surface area contributed by atoms with Crippen LogP contribution in [0.3, 0.4) is 0 Å². The Morgan fingerprint density at radius 3 is 2.56 bits per heavy atom. The molecule has 1 fully saturated rings. The maximum atomic E-state index is 10.9. The summed E-state index contributed by atoms with van der Waals surface area (Å²) in [5.74, 6) is -0.378. The van der Waals surface area contributed by atoms with E-state index in [0.29, 0.717) is 11.6 Å². The fourth-order valence-electron chi connectivity index (χ4n) is 2.27. The summed E-state index contributed by atoms with van der Waals surface area (Å²) in [6.45, 7) is 2.95. The van der Waals surface area contributed by atoms with Gasteiger partial charge in [-0.3, -0.25) is 9.69 Å². The van der Waals surface area contributed by atoms with Gasteiger partial charge in [0.25, 0.3) is 0 Å². The Kier molecular flexibility index (Phi) is 5.59. The van der Waals surface area contributed by atoms with Crippen LogP contribution in [0, 0.1) is 0 Å². The minimum absolute atomic E-state index is 0. The molecule has 1 amide bonds. The largest absolute Gasteiger partial charge is 0.366 e. The third-order valence-electron chi connectivity index (χ3n) is 3.19. The minimum Gasteiger partial charge on any atom is -0.366 e. The Balaban J connectivity index is 0.00000162. The highest BCUT2D eigenvalue weighted by atomic mass is 35.5. The second kappa shape index (κ2) is 6.73. The van der Waals surface area contributed by atoms with Crippen LogP contribution < -0.4 is 11.5 Å². The standard InChI is InChI=1S/C13H19N3O.ClH/c14-12-2-1-7-16(9-12)8-10-3-5-11(6-4-10)13(15)17;/h3-6,12H,1-2,7-9,14H2,(H2,15,17);1H/t12-;/m1./s1. The molecular formula is C13H20ClN3O. The third kappa shape index (κ3) is 3.98. The second-order valence-corrected chi connectivity index (χ2v) is 4.70. The van der Waals surface area contributed by atoms with E-state index < -0.39 is 0 Å². The summed E-state index contributed by atoms with van der Waals surface area (Å²) in [6.07, 6.45) is 2.29. The summed E-state index contributed by atoms with van der Waals surface area (Å²) in [7, 11) is 0. The van der Waals surface area contributed by atoms with Crippen molar-refractivity contribution in [3.63, 3.8) is 0 Å². The lowest BCUT2D eigenvalue weighted by Gasteiger charge is -2.30. The quantitative estimate of drug-likeness (QED) is 0.864. The van der Waals surface area contributed by atoms with Crippen molar-refractivity contribution in [1.82, 2.24) is 4.90 Å². The first-order chi connectivity index (χ1) is 8.15. The molecular weight excluding hydrogens is 250 g/mol. The van der Waals surface area contributed by atoms with Crippen molar-refractivity contribution in [3.05, 3.63) is 35.4 Å². The molecule has 0 aromatic heterocycles. The Hall–Kier alpha value is -1.10. The molecule has 1 saturated heterocycles. The van der Waals surface area contributed by atoms with E-state index in [1.54, 1.807) is 12.1 Å². The zero-order chi connectivity index (χ0) is 12.3. The summed E-state index contributed by atoms with van der Waals surface area (Å²) < 4.78 is 0. The van der Waals surface area contributed by atoms with Crippen molar-refractivity contribution in [2.24, 2.45) is 11.5 Å². The van der Waals surface area contributed by atoms with Crippen molar-refractivity contribution < 1.29 is 4.79 Å². The number of primary amides is 1. The number of hydrogen-bond acceptors (Lipinski definition) is 3. The fourth-order valence-corrected chi connectivity index (χ4v) is 2.27. The van der Waals surface area contributed by atoms with E-state index in [-0.39, 0.29) is 18.3 Å². The van der Waals surface area contributed by atoms with E-state index in [4.69, 9.17) is 11.5 Å². The summed E-state index contributed by atoms with van der Waals surface area (Å²) in [5, 5.41) is 0. The van der Waals surface area contributed by atoms with Gasteiger partial charge in [-0.2, -0.15) is 0 Å². The number of carbonyl (C=O) groups is 1. The van der Waals surface area contributed by atoms with Gasteiger partial charge in [0.1, 0.15) is 0 Å². The van der Waals surface area contributed by atoms with Crippen molar-refractivity contribution in [2.45, 2.75) is 25.4 Å². The van der Waals surface area contributed by atoms with Gasteiger partial charge in [-0.25, -0.2) is 0 Å². The molecule has 100 valence electrons. The predicted octanol–water partition coefficient (Wildman–Crippen LogP) is 1.13. The number of nitrogens with zero attached hydrogens (tertiary/aromatic N) is 1. The first kappa shape index (κ1) is 15.0. The highest BCUT2D eigenvalue weighted by Crippen LogP contribution is 2.13. The third-order valence-corrected chi connectivity index (χ3v) is 3.19. The van der Waals surface area contributed by atoms with Gasteiger partial charge < -0.3 is 11.5 Å². The zero-order valence-electron chi connectivity index (χ0n) is 10.3. The van der Waals surface area contributed by atoms with Crippen LogP contribution in [-0.4, -0.2) is 29.9 Å². The van der Waals surface area contributed by atoms with Gasteiger partial charge in [0.05, 0.1) is 0 Å². The molecule has 1 aromatic carbocycles. The normalized spacial score (nSPS) is 20.2. The first-order valence-corrected chi connectivity index (χ1v) is 6.02. The van der Waals surface area contributed by atoms with E-state index in [0.717, 1.165) is 26.1 Å². The lowest BCUT2D eigenvalue weighted by molar-refractivity contribution is 0.100. The van der Waals surface area contributed by atoms with E-state index in [2.05, 4.69) is 4.90 Å². The average Bonchev–Trinajstić information content (AvgIpc) is 2.29. The van der Waals surface area contributed by atoms with Gasteiger partial charge in [-0.15, -0.1) is 12.4 Å². The number of nitrogens with two attached hydrogens (primary N) is 2. The summed E-state index contributed by atoms with van der Waals surface area (Å²) in [5.41, 5.74) is 12.9. The van der Waals surface area contributed by atoms with Crippen molar-refractivity contribution in [1.29, 1.82) is 0 Å². The number of carbonyl (C=O) groups excluding carboxylic acids is 1. The number of rotatable bonds is 3. The second-order valence-electron chi connectivity index (χ2n) is 4.70. The van der Waals surface area contributed by atoms with E-state index >= 15 is 0 Å². The molecule has 0 aliphatic carbocycles. The highest BCUT2D eigenvalue weighted by molar-refractivity contribution is 5.92. The summed E-state index contributed by atoms with van der Waals surface area (Å²) >= 11 is 0. The van der Waals surface area contributed by atoms with E-state index in [1.807, 2.05) is 12.1 Å². The summed E-state index contributed by atoms with van der Waals surface area (Å²) in [6, 6.07) is 7.78. The molecule has 0 radical (unpaired) electrons. The smallest absolute Gasteiger partial charge is 0.248 e. The number of halogens is 1. The molecule has 4 nitrogen and oxygen atoms in total. The Bertz CT molecular complexity index is 394. The van der Waals surface area contributed by atoms with Gasteiger partial charge in [0, 0.05) is 24.7 Å². The molecule has 2 rings (SSSR count). The summed E-state index contributed by atoms with van der Waals surface area (Å²) in [4.78, 5) is 13.3. The van der Waals surface area contributed by atoms with Crippen LogP contribution in [0.1, 0.15) is 28.8 Å². The van der Waals surface area contributed by atoms with Crippen LogP contribution >= 0.6 is 12.4 Å². The van der Waals surface area contributed by atoms with Crippen LogP contribution in [0.25, 0.3) is 0 Å². The monoisotopic (exact) mass is 269 g/mol. The lowest BCUT2D eigenvalue weighted by atomic mass is 10.1. The van der Waals surface area contributed by atoms with Crippen LogP contribution in [0.5, 0.6) is 0 Å². The van der Waals surface area contributed by atoms with Gasteiger partial charge in [0.2, 0.25) is 5.91 Å². The van der Waals surface area contributed by atoms with Crippen molar-refractivity contribution >= 4 is 18.3 Å². The van der Waals surface area contributed by atoms with E-state index in [9.17, 15) is 4.79 Å². The topological polar surface area (TPSA) is 72.4 Å². The van der Waals surface area contributed by atoms with Crippen molar-refractivity contribution in [3.8, 4) is 0 Å². The molecule has 0 unspecified atom stereocenters. The molecule has 0 saturated carbocycles. The molecule has 1 aliphatic heterocycles. The maximum Gasteiger partial charge on any atom is 0.248 e.